The number of carboxylic acids is 1. The zero-order valence-electron chi connectivity index (χ0n) is 9.02. The lowest BCUT2D eigenvalue weighted by molar-refractivity contribution is -0.157. The molecule has 0 saturated heterocycles. The Bertz CT molecular complexity index is 433. The Kier molecular flexibility index (Phi) is 3.55. The number of phenols is 2. The topological polar surface area (TPSA) is 77.8 Å². The molecule has 0 aliphatic heterocycles. The first kappa shape index (κ1) is 13.2. The van der Waals surface area contributed by atoms with Crippen LogP contribution in [0, 0.1) is 5.41 Å². The van der Waals surface area contributed by atoms with Crippen LogP contribution in [-0.2, 0) is 11.2 Å². The van der Waals surface area contributed by atoms with Crippen molar-refractivity contribution in [1.82, 2.24) is 0 Å². The summed E-state index contributed by atoms with van der Waals surface area (Å²) < 4.78 is 25.4. The van der Waals surface area contributed by atoms with Crippen LogP contribution in [0.25, 0.3) is 0 Å². The maximum atomic E-state index is 12.7. The van der Waals surface area contributed by atoms with Gasteiger partial charge in [-0.2, -0.15) is 0 Å². The molecule has 0 heterocycles. The number of benzene rings is 1. The van der Waals surface area contributed by atoms with Crippen LogP contribution >= 0.6 is 0 Å². The van der Waals surface area contributed by atoms with Gasteiger partial charge in [0.2, 0.25) is 0 Å². The number of halogens is 2. The van der Waals surface area contributed by atoms with E-state index in [1.165, 1.54) is 6.07 Å². The van der Waals surface area contributed by atoms with Crippen LogP contribution in [0.5, 0.6) is 11.5 Å². The van der Waals surface area contributed by atoms with Crippen molar-refractivity contribution in [3.05, 3.63) is 23.8 Å². The summed E-state index contributed by atoms with van der Waals surface area (Å²) in [5.41, 5.74) is -2.01. The number of alkyl halides is 2. The monoisotopic (exact) mass is 246 g/mol. The Balaban J connectivity index is 3.02. The summed E-state index contributed by atoms with van der Waals surface area (Å²) in [6.45, 7) is 0.934. The van der Waals surface area contributed by atoms with Crippen molar-refractivity contribution in [2.75, 3.05) is 0 Å². The molecule has 0 aliphatic rings. The minimum Gasteiger partial charge on any atom is -0.504 e. The summed E-state index contributed by atoms with van der Waals surface area (Å²) in [6, 6.07) is 3.48. The lowest BCUT2D eigenvalue weighted by Gasteiger charge is -2.23. The first-order chi connectivity index (χ1) is 7.77. The number of phenolic OH excluding ortho intramolecular Hbond substituents is 2. The van der Waals surface area contributed by atoms with Gasteiger partial charge in [-0.3, -0.25) is 4.79 Å². The molecule has 94 valence electrons. The molecule has 0 spiro atoms. The van der Waals surface area contributed by atoms with Gasteiger partial charge in [-0.05, 0) is 31.0 Å². The molecule has 4 nitrogen and oxygen atoms in total. The highest BCUT2D eigenvalue weighted by molar-refractivity contribution is 5.75. The molecule has 0 saturated carbocycles. The molecule has 0 aliphatic carbocycles. The van der Waals surface area contributed by atoms with E-state index in [-0.39, 0.29) is 11.3 Å². The fraction of sp³-hybridized carbons (Fsp3) is 0.364. The van der Waals surface area contributed by atoms with Crippen LogP contribution in [-0.4, -0.2) is 27.7 Å². The van der Waals surface area contributed by atoms with E-state index in [0.29, 0.717) is 0 Å². The van der Waals surface area contributed by atoms with Crippen LogP contribution in [0.3, 0.4) is 0 Å². The predicted octanol–water partition coefficient (Wildman–Crippen LogP) is 2.00. The molecule has 0 radical (unpaired) electrons. The quantitative estimate of drug-likeness (QED) is 0.710. The molecular formula is C11H12F2O4. The van der Waals surface area contributed by atoms with Crippen molar-refractivity contribution < 1.29 is 28.9 Å². The lowest BCUT2D eigenvalue weighted by Crippen LogP contribution is -2.37. The summed E-state index contributed by atoms with van der Waals surface area (Å²) in [4.78, 5) is 10.8. The van der Waals surface area contributed by atoms with E-state index in [4.69, 9.17) is 10.2 Å². The molecule has 6 heteroatoms. The second-order valence-electron chi connectivity index (χ2n) is 4.02. The number of carboxylic acid groups (broad SMARTS) is 1. The fourth-order valence-electron chi connectivity index (χ4n) is 1.35. The molecular weight excluding hydrogens is 234 g/mol. The first-order valence-electron chi connectivity index (χ1n) is 4.80. The van der Waals surface area contributed by atoms with Crippen LogP contribution < -0.4 is 0 Å². The van der Waals surface area contributed by atoms with Gasteiger partial charge in [0.15, 0.2) is 11.5 Å². The molecule has 3 N–H and O–H groups in total. The van der Waals surface area contributed by atoms with Gasteiger partial charge in [-0.15, -0.1) is 0 Å². The van der Waals surface area contributed by atoms with Crippen molar-refractivity contribution in [1.29, 1.82) is 0 Å². The van der Waals surface area contributed by atoms with E-state index in [2.05, 4.69) is 0 Å². The SMILES string of the molecule is C[C@@](Cc1ccc(O)c(O)c1)(C(=O)O)C(F)F. The van der Waals surface area contributed by atoms with Gasteiger partial charge in [0.05, 0.1) is 0 Å². The van der Waals surface area contributed by atoms with E-state index in [1.807, 2.05) is 0 Å². The zero-order valence-corrected chi connectivity index (χ0v) is 9.02. The van der Waals surface area contributed by atoms with E-state index in [0.717, 1.165) is 19.1 Å². The molecule has 1 aromatic rings. The summed E-state index contributed by atoms with van der Waals surface area (Å²) in [7, 11) is 0. The van der Waals surface area contributed by atoms with Crippen LogP contribution in [0.1, 0.15) is 12.5 Å². The summed E-state index contributed by atoms with van der Waals surface area (Å²) in [5, 5.41) is 27.0. The zero-order chi connectivity index (χ0) is 13.2. The van der Waals surface area contributed by atoms with E-state index in [9.17, 15) is 18.7 Å². The first-order valence-corrected chi connectivity index (χ1v) is 4.80. The molecule has 1 rings (SSSR count). The van der Waals surface area contributed by atoms with Gasteiger partial charge in [0.1, 0.15) is 5.41 Å². The van der Waals surface area contributed by atoms with Crippen molar-refractivity contribution in [3.8, 4) is 11.5 Å². The average Bonchev–Trinajstić information content (AvgIpc) is 2.22. The second-order valence-corrected chi connectivity index (χ2v) is 4.02. The standard InChI is InChI=1S/C11H12F2O4/c1-11(9(12)13,10(16)17)5-6-2-3-7(14)8(15)4-6/h2-4,9,14-15H,5H2,1H3,(H,16,17)/t11-/m0/s1. The highest BCUT2D eigenvalue weighted by Crippen LogP contribution is 2.33. The maximum absolute atomic E-state index is 12.7. The third-order valence-corrected chi connectivity index (χ3v) is 2.58. The van der Waals surface area contributed by atoms with Crippen LogP contribution in [0.4, 0.5) is 8.78 Å². The second kappa shape index (κ2) is 4.57. The minimum atomic E-state index is -3.03. The van der Waals surface area contributed by atoms with Gasteiger partial charge in [0, 0.05) is 0 Å². The summed E-state index contributed by atoms with van der Waals surface area (Å²) in [5.74, 6) is -2.47. The Morgan fingerprint density at radius 2 is 1.94 bits per heavy atom. The fourth-order valence-corrected chi connectivity index (χ4v) is 1.35. The van der Waals surface area contributed by atoms with Crippen molar-refractivity contribution in [3.63, 3.8) is 0 Å². The molecule has 0 aromatic heterocycles. The molecule has 0 amide bonds. The predicted molar refractivity (Wildman–Crippen MR) is 55.2 cm³/mol. The van der Waals surface area contributed by atoms with Crippen LogP contribution in [0.2, 0.25) is 0 Å². The number of hydrogen-bond acceptors (Lipinski definition) is 3. The van der Waals surface area contributed by atoms with Crippen molar-refractivity contribution in [2.45, 2.75) is 19.8 Å². The van der Waals surface area contributed by atoms with Crippen LogP contribution in [0.15, 0.2) is 18.2 Å². The van der Waals surface area contributed by atoms with E-state index in [1.54, 1.807) is 0 Å². The minimum absolute atomic E-state index is 0.213. The Hall–Kier alpha value is -1.85. The normalized spacial score (nSPS) is 14.6. The Morgan fingerprint density at radius 1 is 1.35 bits per heavy atom. The molecule has 0 fully saturated rings. The Labute approximate surface area is 96.1 Å². The largest absolute Gasteiger partial charge is 0.504 e. The third-order valence-electron chi connectivity index (χ3n) is 2.58. The smallest absolute Gasteiger partial charge is 0.315 e. The molecule has 17 heavy (non-hydrogen) atoms. The van der Waals surface area contributed by atoms with Gasteiger partial charge < -0.3 is 15.3 Å². The maximum Gasteiger partial charge on any atom is 0.315 e. The average molecular weight is 246 g/mol. The van der Waals surface area contributed by atoms with Gasteiger partial charge >= 0.3 is 5.97 Å². The van der Waals surface area contributed by atoms with Crippen molar-refractivity contribution >= 4 is 5.97 Å². The summed E-state index contributed by atoms with van der Waals surface area (Å²) >= 11 is 0. The lowest BCUT2D eigenvalue weighted by atomic mass is 9.84. The summed E-state index contributed by atoms with van der Waals surface area (Å²) in [6.07, 6.45) is -3.47. The molecule has 1 aromatic carbocycles. The number of hydrogen-bond donors (Lipinski definition) is 3. The highest BCUT2D eigenvalue weighted by Gasteiger charge is 2.43. The van der Waals surface area contributed by atoms with E-state index < -0.39 is 30.0 Å². The van der Waals surface area contributed by atoms with Crippen molar-refractivity contribution in [2.24, 2.45) is 5.41 Å². The number of carbonyl (C=O) groups is 1. The van der Waals surface area contributed by atoms with Gasteiger partial charge in [-0.1, -0.05) is 6.07 Å². The molecule has 1 atom stereocenters. The highest BCUT2D eigenvalue weighted by atomic mass is 19.3. The molecule has 0 bridgehead atoms. The molecule has 0 unspecified atom stereocenters. The number of aromatic hydroxyl groups is 2. The van der Waals surface area contributed by atoms with Gasteiger partial charge in [-0.25, -0.2) is 8.78 Å². The number of aliphatic carboxylic acids is 1. The third kappa shape index (κ3) is 2.64. The Morgan fingerprint density at radius 3 is 2.35 bits per heavy atom. The van der Waals surface area contributed by atoms with Gasteiger partial charge in [0.25, 0.3) is 6.43 Å². The number of rotatable bonds is 4. The van der Waals surface area contributed by atoms with E-state index >= 15 is 0 Å².